The Kier molecular flexibility index (Phi) is 5.30. The normalized spacial score (nSPS) is 16.0. The van der Waals surface area contributed by atoms with E-state index in [2.05, 4.69) is 15.5 Å². The molecule has 27 heavy (non-hydrogen) atoms. The van der Waals surface area contributed by atoms with Crippen LogP contribution in [0.4, 0.5) is 5.69 Å². The molecule has 2 aromatic rings. The smallest absolute Gasteiger partial charge is 0.246 e. The lowest BCUT2D eigenvalue weighted by Gasteiger charge is -2.30. The average molecular weight is 387 g/mol. The summed E-state index contributed by atoms with van der Waals surface area (Å²) in [4.78, 5) is 12.7. The highest BCUT2D eigenvalue weighted by Gasteiger charge is 2.34. The van der Waals surface area contributed by atoms with Crippen LogP contribution >= 0.6 is 0 Å². The summed E-state index contributed by atoms with van der Waals surface area (Å²) in [6, 6.07) is 8.67. The number of H-pyrrole nitrogens is 1. The van der Waals surface area contributed by atoms with Crippen LogP contribution in [-0.2, 0) is 14.8 Å². The molecule has 8 nitrogen and oxygen atoms in total. The van der Waals surface area contributed by atoms with Gasteiger partial charge in [0.15, 0.2) is 0 Å². The molecule has 0 spiro atoms. The molecule has 0 radical (unpaired) electrons. The summed E-state index contributed by atoms with van der Waals surface area (Å²) in [5, 5.41) is 18.3. The molecule has 2 heterocycles. The SMILES string of the molecule is Cc1n[nH]c(C)c1S(=O)(=O)N1CCC(C(=O)Nc2ccc(C#N)cc2)CC1. The molecular weight excluding hydrogens is 366 g/mol. The molecule has 0 atom stereocenters. The van der Waals surface area contributed by atoms with E-state index < -0.39 is 10.0 Å². The molecule has 142 valence electrons. The van der Waals surface area contributed by atoms with Crippen molar-refractivity contribution in [3.8, 4) is 6.07 Å². The van der Waals surface area contributed by atoms with Gasteiger partial charge in [0.25, 0.3) is 0 Å². The Balaban J connectivity index is 1.63. The minimum absolute atomic E-state index is 0.132. The van der Waals surface area contributed by atoms with Crippen LogP contribution < -0.4 is 5.32 Å². The van der Waals surface area contributed by atoms with Crippen molar-refractivity contribution in [2.24, 2.45) is 5.92 Å². The van der Waals surface area contributed by atoms with Gasteiger partial charge in [-0.15, -0.1) is 0 Å². The third kappa shape index (κ3) is 3.86. The zero-order valence-electron chi connectivity index (χ0n) is 15.2. The van der Waals surface area contributed by atoms with Gasteiger partial charge in [-0.1, -0.05) is 0 Å². The van der Waals surface area contributed by atoms with Crippen molar-refractivity contribution < 1.29 is 13.2 Å². The summed E-state index contributed by atoms with van der Waals surface area (Å²) in [5.41, 5.74) is 2.12. The molecule has 0 saturated carbocycles. The quantitative estimate of drug-likeness (QED) is 0.831. The fourth-order valence-corrected chi connectivity index (χ4v) is 5.08. The minimum Gasteiger partial charge on any atom is -0.326 e. The minimum atomic E-state index is -3.62. The van der Waals surface area contributed by atoms with Crippen LogP contribution in [0.1, 0.15) is 29.8 Å². The summed E-state index contributed by atoms with van der Waals surface area (Å²) < 4.78 is 27.1. The second-order valence-electron chi connectivity index (χ2n) is 6.62. The highest BCUT2D eigenvalue weighted by molar-refractivity contribution is 7.89. The zero-order chi connectivity index (χ0) is 19.6. The number of aromatic amines is 1. The van der Waals surface area contributed by atoms with Gasteiger partial charge in [0, 0.05) is 24.7 Å². The van der Waals surface area contributed by atoms with Crippen LogP contribution in [0.2, 0.25) is 0 Å². The van der Waals surface area contributed by atoms with Crippen molar-refractivity contribution in [3.05, 3.63) is 41.2 Å². The van der Waals surface area contributed by atoms with Gasteiger partial charge in [-0.25, -0.2) is 8.42 Å². The van der Waals surface area contributed by atoms with Crippen LogP contribution in [0.5, 0.6) is 0 Å². The number of carbonyl (C=O) groups excluding carboxylic acids is 1. The summed E-state index contributed by atoms with van der Waals surface area (Å²) >= 11 is 0. The number of piperidine rings is 1. The molecule has 1 aliphatic heterocycles. The number of hydrogen-bond acceptors (Lipinski definition) is 5. The van der Waals surface area contributed by atoms with Crippen LogP contribution in [0.3, 0.4) is 0 Å². The Bertz CT molecular complexity index is 961. The van der Waals surface area contributed by atoms with E-state index in [0.717, 1.165) is 0 Å². The number of rotatable bonds is 4. The maximum absolute atomic E-state index is 12.9. The molecule has 1 aromatic carbocycles. The second kappa shape index (κ2) is 7.50. The Morgan fingerprint density at radius 1 is 1.26 bits per heavy atom. The van der Waals surface area contributed by atoms with Crippen molar-refractivity contribution in [1.82, 2.24) is 14.5 Å². The van der Waals surface area contributed by atoms with Gasteiger partial charge in [0.1, 0.15) is 4.90 Å². The topological polar surface area (TPSA) is 119 Å². The maximum atomic E-state index is 12.9. The van der Waals surface area contributed by atoms with E-state index in [0.29, 0.717) is 35.5 Å². The first kappa shape index (κ1) is 19.1. The number of nitrogens with one attached hydrogen (secondary N) is 2. The summed E-state index contributed by atoms with van der Waals surface area (Å²) in [6.45, 7) is 3.93. The number of sulfonamides is 1. The van der Waals surface area contributed by atoms with E-state index in [4.69, 9.17) is 5.26 Å². The molecule has 1 amide bonds. The Labute approximate surface area is 158 Å². The van der Waals surface area contributed by atoms with E-state index in [1.807, 2.05) is 6.07 Å². The van der Waals surface area contributed by atoms with E-state index >= 15 is 0 Å². The van der Waals surface area contributed by atoms with Crippen LogP contribution in [0, 0.1) is 31.1 Å². The largest absolute Gasteiger partial charge is 0.326 e. The monoisotopic (exact) mass is 387 g/mol. The third-order valence-corrected chi connectivity index (χ3v) is 6.93. The zero-order valence-corrected chi connectivity index (χ0v) is 16.0. The number of hydrogen-bond donors (Lipinski definition) is 2. The molecular formula is C18H21N5O3S. The number of anilines is 1. The van der Waals surface area contributed by atoms with Gasteiger partial charge in [-0.05, 0) is 51.0 Å². The molecule has 0 unspecified atom stereocenters. The van der Waals surface area contributed by atoms with Gasteiger partial charge in [-0.3, -0.25) is 9.89 Å². The fourth-order valence-electron chi connectivity index (χ4n) is 3.28. The highest BCUT2D eigenvalue weighted by atomic mass is 32.2. The number of aryl methyl sites for hydroxylation is 2. The van der Waals surface area contributed by atoms with E-state index in [9.17, 15) is 13.2 Å². The second-order valence-corrected chi connectivity index (χ2v) is 8.49. The molecule has 3 rings (SSSR count). The Morgan fingerprint density at radius 3 is 2.41 bits per heavy atom. The van der Waals surface area contributed by atoms with Crippen LogP contribution in [0.25, 0.3) is 0 Å². The first-order chi connectivity index (χ1) is 12.8. The van der Waals surface area contributed by atoms with Crippen LogP contribution in [0.15, 0.2) is 29.2 Å². The third-order valence-electron chi connectivity index (χ3n) is 4.76. The number of benzene rings is 1. The first-order valence-corrected chi connectivity index (χ1v) is 10.1. The first-order valence-electron chi connectivity index (χ1n) is 8.65. The van der Waals surface area contributed by atoms with Crippen molar-refractivity contribution in [2.45, 2.75) is 31.6 Å². The Morgan fingerprint density at radius 2 is 1.89 bits per heavy atom. The lowest BCUT2D eigenvalue weighted by atomic mass is 9.97. The highest BCUT2D eigenvalue weighted by Crippen LogP contribution is 2.27. The molecule has 0 aliphatic carbocycles. The molecule has 1 fully saturated rings. The van der Waals surface area contributed by atoms with Crippen LogP contribution in [-0.4, -0.2) is 41.9 Å². The summed E-state index contributed by atoms with van der Waals surface area (Å²) in [5.74, 6) is -0.383. The molecule has 1 aromatic heterocycles. The maximum Gasteiger partial charge on any atom is 0.246 e. The van der Waals surface area contributed by atoms with Gasteiger partial charge < -0.3 is 5.32 Å². The Hall–Kier alpha value is -2.70. The molecule has 2 N–H and O–H groups in total. The lowest BCUT2D eigenvalue weighted by molar-refractivity contribution is -0.120. The number of nitrogens with zero attached hydrogens (tertiary/aromatic N) is 3. The van der Waals surface area contributed by atoms with Gasteiger partial charge in [-0.2, -0.15) is 14.7 Å². The van der Waals surface area contributed by atoms with Crippen molar-refractivity contribution in [2.75, 3.05) is 18.4 Å². The summed E-state index contributed by atoms with van der Waals surface area (Å²) in [7, 11) is -3.62. The number of amides is 1. The molecule has 9 heteroatoms. The fraction of sp³-hybridized carbons (Fsp3) is 0.389. The number of aromatic nitrogens is 2. The van der Waals surface area contributed by atoms with Gasteiger partial charge >= 0.3 is 0 Å². The number of nitriles is 1. The van der Waals surface area contributed by atoms with Gasteiger partial charge in [0.05, 0.1) is 23.0 Å². The standard InChI is InChI=1S/C18H21N5O3S/c1-12-17(13(2)22-21-12)27(25,26)23-9-7-15(8-10-23)18(24)20-16-5-3-14(11-19)4-6-16/h3-6,15H,7-10H2,1-2H3,(H,20,24)(H,21,22). The van der Waals surface area contributed by atoms with E-state index in [1.54, 1.807) is 38.1 Å². The molecule has 1 aliphatic rings. The van der Waals surface area contributed by atoms with Crippen molar-refractivity contribution in [3.63, 3.8) is 0 Å². The van der Waals surface area contributed by atoms with Crippen molar-refractivity contribution in [1.29, 1.82) is 5.26 Å². The lowest BCUT2D eigenvalue weighted by Crippen LogP contribution is -2.41. The number of carbonyl (C=O) groups is 1. The predicted octanol–water partition coefficient (Wildman–Crippen LogP) is 1.94. The van der Waals surface area contributed by atoms with E-state index in [-0.39, 0.29) is 29.8 Å². The molecule has 0 bridgehead atoms. The van der Waals surface area contributed by atoms with E-state index in [1.165, 1.54) is 4.31 Å². The van der Waals surface area contributed by atoms with Gasteiger partial charge in [0.2, 0.25) is 15.9 Å². The summed E-state index contributed by atoms with van der Waals surface area (Å²) in [6.07, 6.45) is 0.911. The van der Waals surface area contributed by atoms with Crippen molar-refractivity contribution >= 4 is 21.6 Å². The average Bonchev–Trinajstić information content (AvgIpc) is 3.01. The molecule has 1 saturated heterocycles. The predicted molar refractivity (Wildman–Crippen MR) is 99.3 cm³/mol.